The fourth-order valence-corrected chi connectivity index (χ4v) is 3.09. The molecule has 0 bridgehead atoms. The van der Waals surface area contributed by atoms with Gasteiger partial charge in [-0.2, -0.15) is 5.10 Å². The Morgan fingerprint density at radius 2 is 2.13 bits per heavy atom. The second-order valence-electron chi connectivity index (χ2n) is 5.62. The molecule has 3 rings (SSSR count). The number of nitrogens with zero attached hydrogens (tertiary/aromatic N) is 3. The predicted octanol–water partition coefficient (Wildman–Crippen LogP) is 3.15. The molecule has 6 nitrogen and oxygen atoms in total. The fraction of sp³-hybridized carbons (Fsp3) is 0.438. The zero-order chi connectivity index (χ0) is 16.4. The molecule has 0 unspecified atom stereocenters. The molecule has 1 aliphatic heterocycles. The van der Waals surface area contributed by atoms with Crippen molar-refractivity contribution < 1.29 is 9.53 Å². The zero-order valence-corrected chi connectivity index (χ0v) is 13.9. The maximum Gasteiger partial charge on any atom is 0.260 e. The van der Waals surface area contributed by atoms with Crippen molar-refractivity contribution >= 4 is 23.3 Å². The first kappa shape index (κ1) is 16.0. The van der Waals surface area contributed by atoms with E-state index < -0.39 is 0 Å². The van der Waals surface area contributed by atoms with Crippen LogP contribution in [0.2, 0.25) is 5.02 Å². The Kier molecular flexibility index (Phi) is 4.63. The highest BCUT2D eigenvalue weighted by atomic mass is 35.5. The van der Waals surface area contributed by atoms with Crippen LogP contribution >= 0.6 is 11.6 Å². The summed E-state index contributed by atoms with van der Waals surface area (Å²) in [6, 6.07) is 3.69. The third-order valence-electron chi connectivity index (χ3n) is 4.08. The lowest BCUT2D eigenvalue weighted by Gasteiger charge is -2.23. The average molecular weight is 335 g/mol. The van der Waals surface area contributed by atoms with Crippen LogP contribution in [0, 0.1) is 13.8 Å². The number of hydrogen-bond acceptors (Lipinski definition) is 4. The smallest absolute Gasteiger partial charge is 0.260 e. The third-order valence-corrected chi connectivity index (χ3v) is 4.38. The molecule has 0 radical (unpaired) electrons. The van der Waals surface area contributed by atoms with Gasteiger partial charge in [0.1, 0.15) is 0 Å². The number of halogens is 1. The van der Waals surface area contributed by atoms with Gasteiger partial charge in [0.25, 0.3) is 5.91 Å². The van der Waals surface area contributed by atoms with Gasteiger partial charge in [0.05, 0.1) is 22.3 Å². The SMILES string of the molecule is Cc1nn(C2CCOCC2)c(C)c1C(=O)Nc1ncccc1Cl. The molecule has 3 heterocycles. The quantitative estimate of drug-likeness (QED) is 0.936. The van der Waals surface area contributed by atoms with Crippen molar-refractivity contribution in [3.8, 4) is 0 Å². The van der Waals surface area contributed by atoms with Gasteiger partial charge in [0.15, 0.2) is 5.82 Å². The van der Waals surface area contributed by atoms with Gasteiger partial charge in [-0.1, -0.05) is 11.6 Å². The van der Waals surface area contributed by atoms with Crippen molar-refractivity contribution in [2.45, 2.75) is 32.7 Å². The number of carbonyl (C=O) groups excluding carboxylic acids is 1. The second-order valence-corrected chi connectivity index (χ2v) is 6.03. The molecule has 23 heavy (non-hydrogen) atoms. The van der Waals surface area contributed by atoms with E-state index in [0.29, 0.717) is 22.1 Å². The largest absolute Gasteiger partial charge is 0.381 e. The molecule has 1 fully saturated rings. The van der Waals surface area contributed by atoms with Crippen molar-refractivity contribution in [1.82, 2.24) is 14.8 Å². The molecule has 2 aromatic heterocycles. The third kappa shape index (κ3) is 3.23. The molecule has 1 amide bonds. The van der Waals surface area contributed by atoms with Crippen LogP contribution in [-0.4, -0.2) is 33.9 Å². The summed E-state index contributed by atoms with van der Waals surface area (Å²) in [5.74, 6) is 0.121. The van der Waals surface area contributed by atoms with E-state index in [4.69, 9.17) is 16.3 Å². The van der Waals surface area contributed by atoms with E-state index in [1.807, 2.05) is 18.5 Å². The minimum absolute atomic E-state index is 0.237. The van der Waals surface area contributed by atoms with Crippen LogP contribution in [-0.2, 0) is 4.74 Å². The predicted molar refractivity (Wildman–Crippen MR) is 88.0 cm³/mol. The van der Waals surface area contributed by atoms with E-state index in [-0.39, 0.29) is 11.9 Å². The second kappa shape index (κ2) is 6.68. The Bertz CT molecular complexity index is 723. The molecule has 0 aliphatic carbocycles. The van der Waals surface area contributed by atoms with E-state index >= 15 is 0 Å². The summed E-state index contributed by atoms with van der Waals surface area (Å²) >= 11 is 6.05. The van der Waals surface area contributed by atoms with Crippen molar-refractivity contribution in [2.24, 2.45) is 0 Å². The minimum atomic E-state index is -0.237. The Morgan fingerprint density at radius 3 is 2.83 bits per heavy atom. The Hall–Kier alpha value is -1.92. The number of rotatable bonds is 3. The van der Waals surface area contributed by atoms with E-state index in [1.165, 1.54) is 0 Å². The lowest BCUT2D eigenvalue weighted by atomic mass is 10.1. The Labute approximate surface area is 139 Å². The van der Waals surface area contributed by atoms with E-state index in [1.54, 1.807) is 18.3 Å². The summed E-state index contributed by atoms with van der Waals surface area (Å²) in [6.07, 6.45) is 3.41. The molecule has 1 saturated heterocycles. The number of carbonyl (C=O) groups is 1. The first-order valence-electron chi connectivity index (χ1n) is 7.63. The van der Waals surface area contributed by atoms with E-state index in [0.717, 1.165) is 31.7 Å². The van der Waals surface area contributed by atoms with Crippen molar-refractivity contribution in [3.05, 3.63) is 40.3 Å². The van der Waals surface area contributed by atoms with Gasteiger partial charge in [-0.05, 0) is 38.8 Å². The van der Waals surface area contributed by atoms with Gasteiger partial charge in [-0.25, -0.2) is 4.98 Å². The van der Waals surface area contributed by atoms with Crippen molar-refractivity contribution in [1.29, 1.82) is 0 Å². The Morgan fingerprint density at radius 1 is 1.39 bits per heavy atom. The topological polar surface area (TPSA) is 69.0 Å². The molecule has 1 N–H and O–H groups in total. The lowest BCUT2D eigenvalue weighted by Crippen LogP contribution is -2.22. The number of aryl methyl sites for hydroxylation is 1. The molecule has 1 aliphatic rings. The van der Waals surface area contributed by atoms with Crippen LogP contribution in [0.5, 0.6) is 0 Å². The van der Waals surface area contributed by atoms with Crippen LogP contribution in [0.25, 0.3) is 0 Å². The van der Waals surface area contributed by atoms with Crippen LogP contribution in [0.1, 0.15) is 40.6 Å². The molecule has 0 atom stereocenters. The van der Waals surface area contributed by atoms with Crippen LogP contribution in [0.3, 0.4) is 0 Å². The number of ether oxygens (including phenoxy) is 1. The number of amides is 1. The highest BCUT2D eigenvalue weighted by Gasteiger charge is 2.24. The average Bonchev–Trinajstić information content (AvgIpc) is 2.85. The summed E-state index contributed by atoms with van der Waals surface area (Å²) in [6.45, 7) is 5.23. The number of hydrogen-bond donors (Lipinski definition) is 1. The standard InChI is InChI=1S/C16H19ClN4O2/c1-10-14(16(22)19-15-13(17)4-3-7-18-15)11(2)21(20-10)12-5-8-23-9-6-12/h3-4,7,12H,5-6,8-9H2,1-2H3,(H,18,19,22). The lowest BCUT2D eigenvalue weighted by molar-refractivity contribution is 0.0656. The maximum atomic E-state index is 12.6. The maximum absolute atomic E-state index is 12.6. The van der Waals surface area contributed by atoms with Crippen LogP contribution in [0.4, 0.5) is 5.82 Å². The summed E-state index contributed by atoms with van der Waals surface area (Å²) in [5, 5.41) is 7.74. The van der Waals surface area contributed by atoms with Gasteiger partial charge in [0.2, 0.25) is 0 Å². The number of pyridine rings is 1. The first-order valence-corrected chi connectivity index (χ1v) is 8.01. The van der Waals surface area contributed by atoms with Gasteiger partial charge in [0, 0.05) is 25.1 Å². The summed E-state index contributed by atoms with van der Waals surface area (Å²) in [7, 11) is 0. The zero-order valence-electron chi connectivity index (χ0n) is 13.2. The summed E-state index contributed by atoms with van der Waals surface area (Å²) < 4.78 is 7.35. The van der Waals surface area contributed by atoms with Crippen LogP contribution in [0.15, 0.2) is 18.3 Å². The van der Waals surface area contributed by atoms with Crippen LogP contribution < -0.4 is 5.32 Å². The monoisotopic (exact) mass is 334 g/mol. The van der Waals surface area contributed by atoms with Gasteiger partial charge in [-0.3, -0.25) is 9.48 Å². The first-order chi connectivity index (χ1) is 11.1. The summed E-state index contributed by atoms with van der Waals surface area (Å²) in [5.41, 5.74) is 2.15. The van der Waals surface area contributed by atoms with E-state index in [2.05, 4.69) is 15.4 Å². The highest BCUT2D eigenvalue weighted by molar-refractivity contribution is 6.33. The molecule has 0 aromatic carbocycles. The summed E-state index contributed by atoms with van der Waals surface area (Å²) in [4.78, 5) is 16.7. The minimum Gasteiger partial charge on any atom is -0.381 e. The molecule has 2 aromatic rings. The number of aromatic nitrogens is 3. The molecule has 7 heteroatoms. The van der Waals surface area contributed by atoms with Crippen molar-refractivity contribution in [2.75, 3.05) is 18.5 Å². The molecular formula is C16H19ClN4O2. The van der Waals surface area contributed by atoms with Gasteiger partial charge >= 0.3 is 0 Å². The van der Waals surface area contributed by atoms with Gasteiger partial charge < -0.3 is 10.1 Å². The fourth-order valence-electron chi connectivity index (χ4n) is 2.92. The number of nitrogens with one attached hydrogen (secondary N) is 1. The Balaban J connectivity index is 1.86. The molecular weight excluding hydrogens is 316 g/mol. The molecule has 122 valence electrons. The molecule has 0 spiro atoms. The normalized spacial score (nSPS) is 15.6. The molecule has 0 saturated carbocycles. The number of anilines is 1. The van der Waals surface area contributed by atoms with E-state index in [9.17, 15) is 4.79 Å². The highest BCUT2D eigenvalue weighted by Crippen LogP contribution is 2.26. The van der Waals surface area contributed by atoms with Crippen molar-refractivity contribution in [3.63, 3.8) is 0 Å². The van der Waals surface area contributed by atoms with Gasteiger partial charge in [-0.15, -0.1) is 0 Å².